The second kappa shape index (κ2) is 11.0. The van der Waals surface area contributed by atoms with Crippen molar-refractivity contribution in [3.63, 3.8) is 0 Å². The van der Waals surface area contributed by atoms with Gasteiger partial charge in [0.1, 0.15) is 17.7 Å². The molecule has 1 aromatic heterocycles. The zero-order valence-corrected chi connectivity index (χ0v) is 20.4. The number of nitrogens with two attached hydrogens (primary N) is 2. The summed E-state index contributed by atoms with van der Waals surface area (Å²) in [6, 6.07) is 12.5. The number of amidine groups is 1. The van der Waals surface area contributed by atoms with Gasteiger partial charge in [-0.3, -0.25) is 10.2 Å². The van der Waals surface area contributed by atoms with Gasteiger partial charge in [0.25, 0.3) is 0 Å². The number of carboxylic acids is 1. The molecule has 38 heavy (non-hydrogen) atoms. The molecule has 1 fully saturated rings. The molecule has 2 aromatic carbocycles. The minimum atomic E-state index is -5.08. The molecule has 11 nitrogen and oxygen atoms in total. The number of carbonyl (C=O) groups is 2. The molecule has 1 aliphatic heterocycles. The summed E-state index contributed by atoms with van der Waals surface area (Å²) in [6.07, 6.45) is -3.20. The number of hydrogen-bond donors (Lipinski definition) is 5. The van der Waals surface area contributed by atoms with Gasteiger partial charge in [-0.05, 0) is 47.7 Å². The number of anilines is 1. The van der Waals surface area contributed by atoms with E-state index in [9.17, 15) is 26.4 Å². The molecular formula is C23H23F3N6O5S. The number of sulfonamides is 1. The number of fused-ring (bicyclic) bond motifs is 1. The number of amides is 1. The van der Waals surface area contributed by atoms with Crippen molar-refractivity contribution in [2.45, 2.75) is 30.1 Å². The third-order valence-corrected chi connectivity index (χ3v) is 7.00. The second-order valence-electron chi connectivity index (χ2n) is 8.22. The van der Waals surface area contributed by atoms with Gasteiger partial charge in [-0.25, -0.2) is 18.2 Å². The average molecular weight is 553 g/mol. The number of aliphatic carboxylic acids is 1. The molecule has 1 atom stereocenters. The molecule has 0 saturated carbocycles. The van der Waals surface area contributed by atoms with Crippen molar-refractivity contribution in [1.29, 1.82) is 5.41 Å². The van der Waals surface area contributed by atoms with E-state index in [1.165, 1.54) is 18.3 Å². The fraction of sp³-hybridized carbons (Fsp3) is 0.217. The highest BCUT2D eigenvalue weighted by atomic mass is 32.2. The fourth-order valence-electron chi connectivity index (χ4n) is 3.66. The largest absolute Gasteiger partial charge is 0.490 e. The van der Waals surface area contributed by atoms with E-state index in [0.29, 0.717) is 41.7 Å². The molecule has 1 saturated heterocycles. The van der Waals surface area contributed by atoms with Crippen LogP contribution in [0.1, 0.15) is 17.5 Å². The van der Waals surface area contributed by atoms with Crippen LogP contribution in [0, 0.1) is 5.41 Å². The maximum Gasteiger partial charge on any atom is 0.490 e. The molecule has 0 unspecified atom stereocenters. The third-order valence-electron chi connectivity index (χ3n) is 5.53. The maximum atomic E-state index is 12.9. The van der Waals surface area contributed by atoms with E-state index in [-0.39, 0.29) is 16.6 Å². The van der Waals surface area contributed by atoms with Crippen LogP contribution in [-0.4, -0.2) is 59.9 Å². The van der Waals surface area contributed by atoms with Gasteiger partial charge in [0, 0.05) is 30.2 Å². The number of rotatable bonds is 6. The van der Waals surface area contributed by atoms with Gasteiger partial charge in [-0.2, -0.15) is 17.9 Å². The smallest absolute Gasteiger partial charge is 0.475 e. The number of likely N-dealkylation sites (tertiary alicyclic amines) is 1. The van der Waals surface area contributed by atoms with E-state index in [2.05, 4.69) is 9.71 Å². The molecular weight excluding hydrogens is 529 g/mol. The highest BCUT2D eigenvalue weighted by Gasteiger charge is 2.38. The van der Waals surface area contributed by atoms with Crippen LogP contribution in [0.5, 0.6) is 0 Å². The number of benzene rings is 2. The van der Waals surface area contributed by atoms with Crippen LogP contribution < -0.4 is 16.2 Å². The first-order chi connectivity index (χ1) is 17.7. The normalized spacial score (nSPS) is 15.7. The van der Waals surface area contributed by atoms with Crippen molar-refractivity contribution in [1.82, 2.24) is 14.6 Å². The first-order valence-corrected chi connectivity index (χ1v) is 12.4. The lowest BCUT2D eigenvalue weighted by atomic mass is 10.1. The Labute approximate surface area is 214 Å². The Bertz CT molecular complexity index is 1500. The summed E-state index contributed by atoms with van der Waals surface area (Å²) in [5.74, 6) is -2.77. The number of halogens is 3. The third kappa shape index (κ3) is 6.74. The van der Waals surface area contributed by atoms with E-state index in [1.807, 2.05) is 6.07 Å². The number of nitrogens with zero attached hydrogens (tertiary/aromatic N) is 2. The molecule has 15 heteroatoms. The highest BCUT2D eigenvalue weighted by Crippen LogP contribution is 2.24. The van der Waals surface area contributed by atoms with Crippen LogP contribution in [0.25, 0.3) is 10.8 Å². The molecule has 0 bridgehead atoms. The summed E-state index contributed by atoms with van der Waals surface area (Å²) < 4.78 is 60.0. The number of nitrogens with one attached hydrogen (secondary N) is 2. The molecule has 7 N–H and O–H groups in total. The van der Waals surface area contributed by atoms with Gasteiger partial charge in [-0.15, -0.1) is 0 Å². The van der Waals surface area contributed by atoms with Crippen molar-refractivity contribution in [3.05, 3.63) is 65.9 Å². The monoisotopic (exact) mass is 552 g/mol. The Morgan fingerprint density at radius 1 is 1.21 bits per heavy atom. The van der Waals surface area contributed by atoms with Crippen LogP contribution in [0.2, 0.25) is 0 Å². The van der Waals surface area contributed by atoms with Gasteiger partial charge in [0.2, 0.25) is 15.9 Å². The van der Waals surface area contributed by atoms with Crippen molar-refractivity contribution < 1.29 is 36.3 Å². The number of aromatic nitrogens is 1. The molecule has 0 radical (unpaired) electrons. The predicted molar refractivity (Wildman–Crippen MR) is 131 cm³/mol. The summed E-state index contributed by atoms with van der Waals surface area (Å²) in [4.78, 5) is 27.3. The number of alkyl halides is 3. The molecule has 2 heterocycles. The minimum Gasteiger partial charge on any atom is -0.475 e. The summed E-state index contributed by atoms with van der Waals surface area (Å²) in [7, 11) is -3.90. The maximum absolute atomic E-state index is 12.9. The molecule has 0 aliphatic carbocycles. The zero-order chi connectivity index (χ0) is 28.3. The first kappa shape index (κ1) is 28.3. The Kier molecular flexibility index (Phi) is 8.22. The second-order valence-corrected chi connectivity index (χ2v) is 9.93. The minimum absolute atomic E-state index is 0.0480. The van der Waals surface area contributed by atoms with E-state index < -0.39 is 28.2 Å². The van der Waals surface area contributed by atoms with Crippen LogP contribution in [0.15, 0.2) is 59.6 Å². The number of pyridine rings is 1. The van der Waals surface area contributed by atoms with Crippen LogP contribution in [-0.2, 0) is 26.2 Å². The van der Waals surface area contributed by atoms with E-state index in [0.717, 1.165) is 5.56 Å². The molecule has 202 valence electrons. The lowest BCUT2D eigenvalue weighted by molar-refractivity contribution is -0.192. The molecule has 1 amide bonds. The Balaban J connectivity index is 0.000000505. The van der Waals surface area contributed by atoms with Crippen LogP contribution >= 0.6 is 0 Å². The summed E-state index contributed by atoms with van der Waals surface area (Å²) >= 11 is 0. The van der Waals surface area contributed by atoms with E-state index in [4.69, 9.17) is 26.8 Å². The van der Waals surface area contributed by atoms with Gasteiger partial charge in [0.05, 0.1) is 4.90 Å². The molecule has 1 aliphatic rings. The van der Waals surface area contributed by atoms with Gasteiger partial charge in [0.15, 0.2) is 0 Å². The van der Waals surface area contributed by atoms with Crippen molar-refractivity contribution in [2.75, 3.05) is 12.3 Å². The lowest BCUT2D eigenvalue weighted by Crippen LogP contribution is -2.41. The topological polar surface area (TPSA) is 193 Å². The molecule has 0 spiro atoms. The zero-order valence-electron chi connectivity index (χ0n) is 19.6. The van der Waals surface area contributed by atoms with Crippen molar-refractivity contribution in [2.24, 2.45) is 5.73 Å². The predicted octanol–water partition coefficient (Wildman–Crippen LogP) is 1.81. The van der Waals surface area contributed by atoms with Crippen molar-refractivity contribution in [3.8, 4) is 0 Å². The van der Waals surface area contributed by atoms with Crippen LogP contribution in [0.4, 0.5) is 19.0 Å². The summed E-state index contributed by atoms with van der Waals surface area (Å²) in [5.41, 5.74) is 12.7. The standard InChI is InChI=1S/C21H22N6O3S.C2HF3O2/c22-19(23)15-3-1-2-13(10-15)12-27-9-7-18(21(27)28)26-31(29,30)16-4-5-17-14(11-16)6-8-25-20(17)24;3-2(4,5)1(6)7/h1-6,8,10-11,18,26H,7,9,12H2,(H3,22,23)(H2,24,25);(H,6,7)/t18-;/m0./s1. The number of carbonyl (C=O) groups excluding carboxylic acids is 1. The van der Waals surface area contributed by atoms with E-state index in [1.54, 1.807) is 35.2 Å². The SMILES string of the molecule is N=C(N)c1cccc(CN2CC[C@H](NS(=O)(=O)c3ccc4c(N)nccc4c3)C2=O)c1.O=C(O)C(F)(F)F. The number of hydrogen-bond acceptors (Lipinski definition) is 7. The number of nitrogen functional groups attached to an aromatic ring is 2. The Morgan fingerprint density at radius 3 is 2.53 bits per heavy atom. The highest BCUT2D eigenvalue weighted by molar-refractivity contribution is 7.89. The fourth-order valence-corrected chi connectivity index (χ4v) is 4.92. The van der Waals surface area contributed by atoms with Gasteiger partial charge < -0.3 is 21.5 Å². The van der Waals surface area contributed by atoms with Crippen molar-refractivity contribution >= 4 is 44.3 Å². The van der Waals surface area contributed by atoms with Gasteiger partial charge >= 0.3 is 12.1 Å². The first-order valence-electron chi connectivity index (χ1n) is 10.9. The quantitative estimate of drug-likeness (QED) is 0.226. The van der Waals surface area contributed by atoms with E-state index >= 15 is 0 Å². The summed E-state index contributed by atoms with van der Waals surface area (Å²) in [6.45, 7) is 0.747. The van der Waals surface area contributed by atoms with Gasteiger partial charge in [-0.1, -0.05) is 18.2 Å². The number of carboxylic acid groups (broad SMARTS) is 1. The summed E-state index contributed by atoms with van der Waals surface area (Å²) in [5, 5.41) is 16.0. The average Bonchev–Trinajstić information content (AvgIpc) is 3.17. The Morgan fingerprint density at radius 2 is 1.89 bits per heavy atom. The molecule has 3 aromatic rings. The molecule has 4 rings (SSSR count). The lowest BCUT2D eigenvalue weighted by Gasteiger charge is -2.18. The Hall–Kier alpha value is -4.24. The van der Waals surface area contributed by atoms with Crippen LogP contribution in [0.3, 0.4) is 0 Å².